The molecular weight excluding hydrogens is 534 g/mol. The molecule has 0 atom stereocenters. The van der Waals surface area contributed by atoms with Crippen LogP contribution in [-0.2, 0) is 43.2 Å². The highest BCUT2D eigenvalue weighted by atomic mass is 32.2. The van der Waals surface area contributed by atoms with Gasteiger partial charge in [-0.25, -0.2) is 4.79 Å². The predicted molar refractivity (Wildman–Crippen MR) is 145 cm³/mol. The quantitative estimate of drug-likeness (QED) is 0.395. The van der Waals surface area contributed by atoms with Crippen LogP contribution in [0.2, 0.25) is 0 Å². The highest BCUT2D eigenvalue weighted by Crippen LogP contribution is 2.38. The molecule has 2 aromatic heterocycles. The van der Waals surface area contributed by atoms with Crippen LogP contribution in [0.1, 0.15) is 40.6 Å². The second-order valence-electron chi connectivity index (χ2n) is 8.20. The van der Waals surface area contributed by atoms with Crippen molar-refractivity contribution >= 4 is 73.4 Å². The van der Waals surface area contributed by atoms with Gasteiger partial charge in [0.25, 0.3) is 5.91 Å². The van der Waals surface area contributed by atoms with Gasteiger partial charge in [0.05, 0.1) is 41.0 Å². The Morgan fingerprint density at radius 2 is 1.89 bits per heavy atom. The molecule has 0 radical (unpaired) electrons. The fourth-order valence-electron chi connectivity index (χ4n) is 4.10. The summed E-state index contributed by atoms with van der Waals surface area (Å²) < 4.78 is 12.6. The normalized spacial score (nSPS) is 13.3. The smallest absolute Gasteiger partial charge is 0.341 e. The van der Waals surface area contributed by atoms with Gasteiger partial charge in [-0.2, -0.15) is 4.99 Å². The lowest BCUT2D eigenvalue weighted by Crippen LogP contribution is -2.23. The first-order chi connectivity index (χ1) is 17.9. The standard InChI is InChI=1S/C25H27N3O6S3/c1-3-34-21(31)12-28-16-9-5-7-11-18(16)37-25(28)27-20(30)14-35-13-19(29)26-23-22(24(32)33-2)15-8-4-6-10-17(15)36-23/h5,7,9,11H,3-4,6,8,10,12-14H2,1-2H3,(H,26,29). The maximum atomic E-state index is 12.6. The van der Waals surface area contributed by atoms with E-state index in [0.717, 1.165) is 58.1 Å². The summed E-state index contributed by atoms with van der Waals surface area (Å²) in [5.74, 6) is -1.56. The minimum Gasteiger partial charge on any atom is -0.465 e. The Labute approximate surface area is 225 Å². The molecule has 1 aromatic carbocycles. The molecule has 0 fully saturated rings. The number of aromatic nitrogens is 1. The van der Waals surface area contributed by atoms with Gasteiger partial charge in [-0.05, 0) is 50.3 Å². The number of fused-ring (bicyclic) bond motifs is 2. The van der Waals surface area contributed by atoms with Gasteiger partial charge < -0.3 is 19.4 Å². The van der Waals surface area contributed by atoms with Crippen LogP contribution in [0, 0.1) is 0 Å². The second kappa shape index (κ2) is 12.5. The Balaban J connectivity index is 1.41. The molecule has 0 bridgehead atoms. The third-order valence-corrected chi connectivity index (χ3v) is 8.86. The molecule has 2 amide bonds. The van der Waals surface area contributed by atoms with Crippen LogP contribution in [0.4, 0.5) is 5.00 Å². The number of rotatable bonds is 9. The summed E-state index contributed by atoms with van der Waals surface area (Å²) in [6.45, 7) is 1.95. The van der Waals surface area contributed by atoms with Crippen LogP contribution in [-0.4, -0.2) is 53.5 Å². The first kappa shape index (κ1) is 27.1. The number of hydrogen-bond acceptors (Lipinski definition) is 9. The number of ether oxygens (including phenoxy) is 2. The summed E-state index contributed by atoms with van der Waals surface area (Å²) in [4.78, 5) is 55.4. The molecule has 37 heavy (non-hydrogen) atoms. The molecule has 0 spiro atoms. The van der Waals surface area contributed by atoms with Crippen LogP contribution in [0.15, 0.2) is 29.3 Å². The summed E-state index contributed by atoms with van der Waals surface area (Å²) in [6.07, 6.45) is 3.74. The average Bonchev–Trinajstić information content (AvgIpc) is 3.41. The maximum Gasteiger partial charge on any atom is 0.341 e. The summed E-state index contributed by atoms with van der Waals surface area (Å²) >= 11 is 3.87. The number of hydrogen-bond donors (Lipinski definition) is 1. The second-order valence-corrected chi connectivity index (χ2v) is 11.3. The van der Waals surface area contributed by atoms with E-state index in [0.29, 0.717) is 15.4 Å². The summed E-state index contributed by atoms with van der Waals surface area (Å²) in [5, 5.41) is 3.33. The van der Waals surface area contributed by atoms with E-state index in [1.54, 1.807) is 11.5 Å². The van der Waals surface area contributed by atoms with Crippen molar-refractivity contribution < 1.29 is 28.7 Å². The molecule has 1 aliphatic rings. The Hall–Kier alpha value is -2.96. The molecular formula is C25H27N3O6S3. The van der Waals surface area contributed by atoms with E-state index in [9.17, 15) is 19.2 Å². The van der Waals surface area contributed by atoms with Crippen molar-refractivity contribution in [3.05, 3.63) is 45.1 Å². The van der Waals surface area contributed by atoms with E-state index < -0.39 is 17.8 Å². The minimum atomic E-state index is -0.448. The number of thiophene rings is 1. The summed E-state index contributed by atoms with van der Waals surface area (Å²) in [7, 11) is 1.33. The Kier molecular flexibility index (Phi) is 9.17. The third-order valence-electron chi connectivity index (χ3n) is 5.67. The van der Waals surface area contributed by atoms with Gasteiger partial charge in [-0.3, -0.25) is 14.4 Å². The summed E-state index contributed by atoms with van der Waals surface area (Å²) in [5.41, 5.74) is 2.21. The van der Waals surface area contributed by atoms with Gasteiger partial charge in [0, 0.05) is 4.88 Å². The van der Waals surface area contributed by atoms with E-state index in [1.807, 2.05) is 24.3 Å². The number of carbonyl (C=O) groups excluding carboxylic acids is 4. The number of methoxy groups -OCH3 is 1. The lowest BCUT2D eigenvalue weighted by atomic mass is 9.95. The van der Waals surface area contributed by atoms with Crippen molar-refractivity contribution in [3.63, 3.8) is 0 Å². The zero-order valence-corrected chi connectivity index (χ0v) is 23.0. The maximum absolute atomic E-state index is 12.6. The van der Waals surface area contributed by atoms with Gasteiger partial charge in [-0.1, -0.05) is 23.5 Å². The molecule has 0 aliphatic heterocycles. The number of amides is 2. The number of aryl methyl sites for hydroxylation is 1. The first-order valence-corrected chi connectivity index (χ1v) is 14.6. The van der Waals surface area contributed by atoms with Crippen molar-refractivity contribution in [2.75, 3.05) is 30.5 Å². The number of nitrogens with one attached hydrogen (secondary N) is 1. The van der Waals surface area contributed by atoms with E-state index in [2.05, 4.69) is 10.3 Å². The monoisotopic (exact) mass is 561 g/mol. The number of thiazole rings is 1. The molecule has 1 N–H and O–H groups in total. The van der Waals surface area contributed by atoms with E-state index in [-0.39, 0.29) is 30.6 Å². The summed E-state index contributed by atoms with van der Waals surface area (Å²) in [6, 6.07) is 7.49. The first-order valence-electron chi connectivity index (χ1n) is 11.8. The molecule has 0 saturated heterocycles. The van der Waals surface area contributed by atoms with Gasteiger partial charge in [0.2, 0.25) is 5.91 Å². The van der Waals surface area contributed by atoms with Gasteiger partial charge >= 0.3 is 11.9 Å². The number of carbonyl (C=O) groups is 4. The number of nitrogens with zero attached hydrogens (tertiary/aromatic N) is 2. The van der Waals surface area contributed by atoms with Crippen LogP contribution in [0.3, 0.4) is 0 Å². The zero-order chi connectivity index (χ0) is 26.4. The lowest BCUT2D eigenvalue weighted by molar-refractivity contribution is -0.143. The lowest BCUT2D eigenvalue weighted by Gasteiger charge is -2.11. The van der Waals surface area contributed by atoms with Gasteiger partial charge in [0.15, 0.2) is 4.80 Å². The molecule has 1 aliphatic carbocycles. The molecule has 2 heterocycles. The number of esters is 2. The number of anilines is 1. The fraction of sp³-hybridized carbons (Fsp3) is 0.400. The van der Waals surface area contributed by atoms with Crippen molar-refractivity contribution in [2.24, 2.45) is 4.99 Å². The molecule has 9 nitrogen and oxygen atoms in total. The van der Waals surface area contributed by atoms with Crippen molar-refractivity contribution in [3.8, 4) is 0 Å². The topological polar surface area (TPSA) is 116 Å². The van der Waals surface area contributed by atoms with E-state index >= 15 is 0 Å². The number of para-hydroxylation sites is 1. The molecule has 0 unspecified atom stereocenters. The van der Waals surface area contributed by atoms with Gasteiger partial charge in [0.1, 0.15) is 11.5 Å². The molecule has 12 heteroatoms. The molecule has 3 aromatic rings. The highest BCUT2D eigenvalue weighted by molar-refractivity contribution is 8.00. The molecule has 0 saturated carbocycles. The largest absolute Gasteiger partial charge is 0.465 e. The number of thioether (sulfide) groups is 1. The van der Waals surface area contributed by atoms with Crippen LogP contribution >= 0.6 is 34.4 Å². The fourth-order valence-corrected chi connectivity index (χ4v) is 7.04. The van der Waals surface area contributed by atoms with Crippen LogP contribution in [0.5, 0.6) is 0 Å². The molecule has 196 valence electrons. The minimum absolute atomic E-state index is 0.00806. The SMILES string of the molecule is CCOC(=O)Cn1c(=NC(=O)CSCC(=O)Nc2sc3c(c2C(=O)OC)CCCC3)sc2ccccc21. The Morgan fingerprint density at radius 3 is 2.68 bits per heavy atom. The van der Waals surface area contributed by atoms with Crippen molar-refractivity contribution in [1.29, 1.82) is 0 Å². The zero-order valence-electron chi connectivity index (χ0n) is 20.5. The van der Waals surface area contributed by atoms with Crippen molar-refractivity contribution in [1.82, 2.24) is 4.57 Å². The van der Waals surface area contributed by atoms with Gasteiger partial charge in [-0.15, -0.1) is 23.1 Å². The third kappa shape index (κ3) is 6.49. The van der Waals surface area contributed by atoms with Crippen molar-refractivity contribution in [2.45, 2.75) is 39.2 Å². The molecule has 4 rings (SSSR count). The number of benzene rings is 1. The predicted octanol–water partition coefficient (Wildman–Crippen LogP) is 3.79. The Morgan fingerprint density at radius 1 is 1.11 bits per heavy atom. The average molecular weight is 562 g/mol. The highest BCUT2D eigenvalue weighted by Gasteiger charge is 2.27. The van der Waals surface area contributed by atoms with Crippen LogP contribution < -0.4 is 10.1 Å². The van der Waals surface area contributed by atoms with E-state index in [1.165, 1.54) is 29.8 Å². The van der Waals surface area contributed by atoms with Crippen LogP contribution in [0.25, 0.3) is 10.2 Å². The Bertz CT molecular complexity index is 1400. The van der Waals surface area contributed by atoms with E-state index in [4.69, 9.17) is 9.47 Å².